The van der Waals surface area contributed by atoms with E-state index in [-0.39, 0.29) is 10.8 Å². The molecule has 2 aliphatic carbocycles. The fourth-order valence-corrected chi connectivity index (χ4v) is 24.4. The van der Waals surface area contributed by atoms with Crippen LogP contribution in [0.1, 0.15) is 49.9 Å². The monoisotopic (exact) mass is 1700 g/mol. The van der Waals surface area contributed by atoms with E-state index in [9.17, 15) is 0 Å². The zero-order valence-corrected chi connectivity index (χ0v) is 74.6. The summed E-state index contributed by atoms with van der Waals surface area (Å²) >= 11 is 0. The molecule has 24 aromatic carbocycles. The molecule has 0 unspecified atom stereocenters. The highest BCUT2D eigenvalue weighted by molar-refractivity contribution is 6.30. The van der Waals surface area contributed by atoms with E-state index in [2.05, 4.69) is 486 Å². The minimum absolute atomic E-state index is 0.191. The molecule has 0 aliphatic heterocycles. The van der Waals surface area contributed by atoms with Gasteiger partial charge in [0.05, 0.1) is 22.1 Å². The third-order valence-corrected chi connectivity index (χ3v) is 30.6. The van der Waals surface area contributed by atoms with E-state index in [1.165, 1.54) is 274 Å². The van der Waals surface area contributed by atoms with Crippen LogP contribution in [0.2, 0.25) is 0 Å². The molecule has 0 amide bonds. The third-order valence-electron chi connectivity index (χ3n) is 30.6. The summed E-state index contributed by atoms with van der Waals surface area (Å²) in [6.45, 7) is 9.65. The molecule has 0 fully saturated rings. The predicted octanol–water partition coefficient (Wildman–Crippen LogP) is 36.2. The van der Waals surface area contributed by atoms with Gasteiger partial charge in [-0.15, -0.1) is 0 Å². The highest BCUT2D eigenvalue weighted by Crippen LogP contribution is 2.57. The lowest BCUT2D eigenvalue weighted by Gasteiger charge is -2.26. The molecule has 2 aromatic heterocycles. The van der Waals surface area contributed by atoms with Gasteiger partial charge in [-0.1, -0.05) is 380 Å². The number of fused-ring (bicyclic) bond motifs is 30. The minimum atomic E-state index is -0.191. The maximum atomic E-state index is 2.49. The minimum Gasteiger partial charge on any atom is -0.309 e. The van der Waals surface area contributed by atoms with Crippen LogP contribution in [0.25, 0.3) is 263 Å². The first-order valence-electron chi connectivity index (χ1n) is 47.1. The lowest BCUT2D eigenvalue weighted by molar-refractivity contribution is 0.662. The first-order chi connectivity index (χ1) is 65.9. The van der Waals surface area contributed by atoms with E-state index in [1.807, 2.05) is 0 Å². The summed E-state index contributed by atoms with van der Waals surface area (Å²) in [5.74, 6) is 0. The van der Waals surface area contributed by atoms with Crippen LogP contribution >= 0.6 is 0 Å². The molecule has 0 saturated heterocycles. The van der Waals surface area contributed by atoms with Gasteiger partial charge in [-0.05, 0) is 328 Å². The molecule has 2 aliphatic rings. The summed E-state index contributed by atoms with van der Waals surface area (Å²) in [7, 11) is 0. The average molecular weight is 1700 g/mol. The van der Waals surface area contributed by atoms with Gasteiger partial charge in [-0.3, -0.25) is 0 Å². The van der Waals surface area contributed by atoms with Crippen LogP contribution < -0.4 is 0 Å². The molecular weight excluding hydrogens is 1610 g/mol. The van der Waals surface area contributed by atoms with Crippen molar-refractivity contribution >= 4 is 141 Å². The molecule has 0 atom stereocenters. The molecule has 0 saturated carbocycles. The van der Waals surface area contributed by atoms with E-state index in [0.29, 0.717) is 0 Å². The summed E-state index contributed by atoms with van der Waals surface area (Å²) in [4.78, 5) is 0. The molecule has 2 nitrogen and oxygen atoms in total. The van der Waals surface area contributed by atoms with Gasteiger partial charge < -0.3 is 9.13 Å². The molecule has 2 heteroatoms. The number of aromatic nitrogens is 2. The van der Waals surface area contributed by atoms with Gasteiger partial charge in [0, 0.05) is 43.7 Å². The SMILES string of the molecule is CC1(C)c2ccccc2-c2cccc(-c3cc(-c4ccc5c6ccc(-c7ccc8c9ccc(-c%10ccc(-c%11ccc%12c%13ccc(-c%14cccc%15c%14c%14ccccc%14n%15-c%14ccc(-c%15ccc%16c%17ccccc%17c%17ccccc%17c%16c%15)cc%14)cc%13c%13ccccc%13c%12c%11)cc%10)cc9n(-c9ccccc9)c8c7)cc6c6ccccc6c5c4)cc(-c4cccc5c4C(C)(C)c4ccccc4-5)c3)c21. The van der Waals surface area contributed by atoms with Gasteiger partial charge in [0.25, 0.3) is 0 Å². The lowest BCUT2D eigenvalue weighted by Crippen LogP contribution is -2.16. The normalized spacial score (nSPS) is 13.2. The quantitative estimate of drug-likeness (QED) is 0.121. The number of nitrogens with zero attached hydrogens (tertiary/aromatic N) is 2. The average Bonchev–Trinajstić information content (AvgIpc) is 1.51. The Bertz CT molecular complexity index is 9400. The molecule has 26 aromatic rings. The summed E-state index contributed by atoms with van der Waals surface area (Å²) in [6.07, 6.45) is 0. The molecule has 0 spiro atoms. The van der Waals surface area contributed by atoms with Crippen LogP contribution in [0.5, 0.6) is 0 Å². The van der Waals surface area contributed by atoms with Crippen LogP contribution in [0.15, 0.2) is 449 Å². The maximum Gasteiger partial charge on any atom is 0.0547 e. The highest BCUT2D eigenvalue weighted by Gasteiger charge is 2.40. The van der Waals surface area contributed by atoms with Crippen molar-refractivity contribution in [1.82, 2.24) is 9.13 Å². The van der Waals surface area contributed by atoms with Crippen LogP contribution in [-0.2, 0) is 10.8 Å². The van der Waals surface area contributed by atoms with E-state index >= 15 is 0 Å². The van der Waals surface area contributed by atoms with Gasteiger partial charge >= 0.3 is 0 Å². The van der Waals surface area contributed by atoms with Gasteiger partial charge in [0.15, 0.2) is 0 Å². The largest absolute Gasteiger partial charge is 0.309 e. The first-order valence-corrected chi connectivity index (χ1v) is 47.1. The summed E-state index contributed by atoms with van der Waals surface area (Å²) < 4.78 is 4.93. The Morgan fingerprint density at radius 3 is 0.858 bits per heavy atom. The molecule has 28 rings (SSSR count). The molecule has 2 heterocycles. The van der Waals surface area contributed by atoms with Crippen molar-refractivity contribution in [3.05, 3.63) is 471 Å². The van der Waals surface area contributed by atoms with E-state index in [0.717, 1.165) is 11.4 Å². The number of benzene rings is 24. The van der Waals surface area contributed by atoms with E-state index in [1.54, 1.807) is 0 Å². The van der Waals surface area contributed by atoms with Crippen LogP contribution in [0, 0.1) is 0 Å². The third kappa shape index (κ3) is 11.3. The second-order valence-corrected chi connectivity index (χ2v) is 38.4. The smallest absolute Gasteiger partial charge is 0.0547 e. The van der Waals surface area contributed by atoms with Gasteiger partial charge in [-0.2, -0.15) is 0 Å². The topological polar surface area (TPSA) is 9.86 Å². The van der Waals surface area contributed by atoms with Crippen molar-refractivity contribution in [2.45, 2.75) is 38.5 Å². The Kier molecular flexibility index (Phi) is 16.4. The van der Waals surface area contributed by atoms with E-state index < -0.39 is 0 Å². The van der Waals surface area contributed by atoms with Gasteiger partial charge in [-0.25, -0.2) is 0 Å². The van der Waals surface area contributed by atoms with Gasteiger partial charge in [0.2, 0.25) is 0 Å². The summed E-state index contributed by atoms with van der Waals surface area (Å²) in [5.41, 5.74) is 36.8. The predicted molar refractivity (Wildman–Crippen MR) is 571 cm³/mol. The van der Waals surface area contributed by atoms with Crippen molar-refractivity contribution in [2.24, 2.45) is 0 Å². The van der Waals surface area contributed by atoms with E-state index in [4.69, 9.17) is 0 Å². The van der Waals surface area contributed by atoms with Crippen molar-refractivity contribution in [3.8, 4) is 123 Å². The van der Waals surface area contributed by atoms with Crippen molar-refractivity contribution in [3.63, 3.8) is 0 Å². The highest BCUT2D eigenvalue weighted by atomic mass is 15.0. The molecule has 0 N–H and O–H groups in total. The standard InChI is InChI=1S/C132H86N2/c1-131(2)122-43-19-16-35-110(122)114-41-22-39-95(129(114)131)90-69-89(70-91(71-90)96-40-23-42-115-111-36-17-20-44-123(111)132(3,4)130(96)115)85-56-65-108-107-64-55-84(74-119(107)101-31-12-13-32-102(101)120(108)75-85)87-58-68-113-112-67-57-86(77-126(112)134(127(113)78-87)92-25-6-5-7-26-92)80-49-47-79(48-50-80)82-54-63-106-109-66-59-88(76-121(109)104-34-15-14-33-103(104)118(106)72-82)94-38-24-46-125-128(94)116-37-18-21-45-124(116)133(125)93-60-51-81(52-61-93)83-53-62-105-99-29-9-8-27-97(99)98-28-10-11-30-100(98)117(105)73-83/h5-78H,1-4H3. The molecule has 624 valence electrons. The van der Waals surface area contributed by atoms with Gasteiger partial charge in [0.1, 0.15) is 0 Å². The van der Waals surface area contributed by atoms with Crippen LogP contribution in [0.4, 0.5) is 0 Å². The first kappa shape index (κ1) is 76.1. The Morgan fingerprint density at radius 1 is 0.142 bits per heavy atom. The Labute approximate surface area is 776 Å². The van der Waals surface area contributed by atoms with Crippen LogP contribution in [-0.4, -0.2) is 9.13 Å². The lowest BCUT2D eigenvalue weighted by atomic mass is 9.77. The zero-order chi connectivity index (χ0) is 88.5. The molecule has 0 radical (unpaired) electrons. The number of hydrogen-bond donors (Lipinski definition) is 0. The fourth-order valence-electron chi connectivity index (χ4n) is 24.4. The Hall–Kier alpha value is -16.8. The molecule has 0 bridgehead atoms. The second kappa shape index (κ2) is 28.9. The molecule has 134 heavy (non-hydrogen) atoms. The zero-order valence-electron chi connectivity index (χ0n) is 74.6. The fraction of sp³-hybridized carbons (Fsp3) is 0.0455. The number of para-hydroxylation sites is 2. The van der Waals surface area contributed by atoms with Crippen LogP contribution in [0.3, 0.4) is 0 Å². The van der Waals surface area contributed by atoms with Crippen molar-refractivity contribution < 1.29 is 0 Å². The molecular formula is C132H86N2. The Balaban J connectivity index is 0.496. The Morgan fingerprint density at radius 2 is 0.410 bits per heavy atom. The maximum absolute atomic E-state index is 2.49. The summed E-state index contributed by atoms with van der Waals surface area (Å²) in [6, 6.07) is 170. The van der Waals surface area contributed by atoms with Crippen molar-refractivity contribution in [1.29, 1.82) is 0 Å². The number of hydrogen-bond acceptors (Lipinski definition) is 0. The summed E-state index contributed by atoms with van der Waals surface area (Å²) in [5, 5.41) is 27.6. The number of rotatable bonds is 10. The van der Waals surface area contributed by atoms with Crippen molar-refractivity contribution in [2.75, 3.05) is 0 Å². The second-order valence-electron chi connectivity index (χ2n) is 38.4.